The van der Waals surface area contributed by atoms with Crippen molar-refractivity contribution in [3.63, 3.8) is 0 Å². The number of carbonyl (C=O) groups excluding carboxylic acids is 2. The third-order valence-electron chi connectivity index (χ3n) is 2.71. The van der Waals surface area contributed by atoms with Gasteiger partial charge >= 0.3 is 12.9 Å². The Hall–Kier alpha value is -2.32. The van der Waals surface area contributed by atoms with Gasteiger partial charge in [0.15, 0.2) is 0 Å². The highest BCUT2D eigenvalue weighted by atomic mass is 19.3. The molecule has 0 saturated carbocycles. The van der Waals surface area contributed by atoms with E-state index in [-0.39, 0.29) is 11.3 Å². The van der Waals surface area contributed by atoms with Gasteiger partial charge in [-0.3, -0.25) is 9.59 Å². The molecule has 1 aromatic rings. The van der Waals surface area contributed by atoms with Crippen LogP contribution in [0.25, 0.3) is 0 Å². The van der Waals surface area contributed by atoms with Crippen molar-refractivity contribution in [2.45, 2.75) is 18.9 Å². The van der Waals surface area contributed by atoms with Crippen LogP contribution < -0.4 is 15.4 Å². The van der Waals surface area contributed by atoms with Crippen molar-refractivity contribution in [3.05, 3.63) is 29.8 Å². The molecule has 0 aliphatic heterocycles. The van der Waals surface area contributed by atoms with Crippen LogP contribution in [0.4, 0.5) is 17.6 Å². The third-order valence-corrected chi connectivity index (χ3v) is 2.71. The number of methoxy groups -OCH3 is 1. The predicted octanol–water partition coefficient (Wildman–Crippen LogP) is 1.50. The molecule has 0 aliphatic carbocycles. The molecule has 22 heavy (non-hydrogen) atoms. The Bertz CT molecular complexity index is 526. The molecule has 0 saturated heterocycles. The molecule has 1 atom stereocenters. The lowest BCUT2D eigenvalue weighted by Crippen LogP contribution is -2.41. The molecule has 0 fully saturated rings. The minimum Gasteiger partial charge on any atom is -0.496 e. The molecule has 0 spiro atoms. The van der Waals surface area contributed by atoms with Gasteiger partial charge in [-0.15, -0.1) is 0 Å². The van der Waals surface area contributed by atoms with E-state index in [1.807, 2.05) is 10.6 Å². The number of amides is 2. The number of rotatable bonds is 7. The van der Waals surface area contributed by atoms with Gasteiger partial charge in [0, 0.05) is 12.1 Å². The van der Waals surface area contributed by atoms with E-state index >= 15 is 0 Å². The second kappa shape index (κ2) is 8.20. The first-order valence-electron chi connectivity index (χ1n) is 6.14. The Morgan fingerprint density at radius 1 is 1.09 bits per heavy atom. The van der Waals surface area contributed by atoms with Crippen LogP contribution in [0.5, 0.6) is 5.75 Å². The number of nitrogens with one attached hydrogen (secondary N) is 2. The van der Waals surface area contributed by atoms with E-state index in [0.29, 0.717) is 0 Å². The summed E-state index contributed by atoms with van der Waals surface area (Å²) in [5.41, 5.74) is 0.272. The van der Waals surface area contributed by atoms with Gasteiger partial charge in [0.2, 0.25) is 0 Å². The molecule has 0 bridgehead atoms. The quantitative estimate of drug-likeness (QED) is 0.748. The van der Waals surface area contributed by atoms with E-state index in [1.165, 1.54) is 19.2 Å². The zero-order chi connectivity index (χ0) is 16.7. The van der Waals surface area contributed by atoms with Gasteiger partial charge in [0.05, 0.1) is 13.2 Å². The van der Waals surface area contributed by atoms with Crippen molar-refractivity contribution in [2.75, 3.05) is 13.7 Å². The fourth-order valence-electron chi connectivity index (χ4n) is 1.71. The van der Waals surface area contributed by atoms with Crippen LogP contribution >= 0.6 is 0 Å². The van der Waals surface area contributed by atoms with Gasteiger partial charge in [-0.25, -0.2) is 0 Å². The molecule has 0 aromatic heterocycles. The number of alkyl halides is 4. The summed E-state index contributed by atoms with van der Waals surface area (Å²) < 4.78 is 54.1. The second-order valence-electron chi connectivity index (χ2n) is 4.15. The molecule has 0 heterocycles. The Balaban J connectivity index is 2.95. The van der Waals surface area contributed by atoms with E-state index in [0.717, 1.165) is 0 Å². The molecule has 0 radical (unpaired) electrons. The first kappa shape index (κ1) is 17.7. The summed E-state index contributed by atoms with van der Waals surface area (Å²) in [6.45, 7) is -0.484. The van der Waals surface area contributed by atoms with E-state index in [9.17, 15) is 27.2 Å². The number of benzene rings is 1. The van der Waals surface area contributed by atoms with Crippen LogP contribution in [-0.2, 0) is 9.59 Å². The Labute approximate surface area is 123 Å². The number of hydrogen-bond acceptors (Lipinski definition) is 3. The van der Waals surface area contributed by atoms with E-state index in [1.54, 1.807) is 12.1 Å². The minimum absolute atomic E-state index is 0.258. The van der Waals surface area contributed by atoms with E-state index in [4.69, 9.17) is 4.74 Å². The first-order chi connectivity index (χ1) is 10.4. The summed E-state index contributed by atoms with van der Waals surface area (Å²) >= 11 is 0. The summed E-state index contributed by atoms with van der Waals surface area (Å²) in [6.07, 6.45) is -6.52. The van der Waals surface area contributed by atoms with Crippen molar-refractivity contribution in [3.8, 4) is 5.75 Å². The van der Waals surface area contributed by atoms with Gasteiger partial charge in [-0.05, 0) is 6.07 Å². The molecular formula is C13H14F4N2O3. The van der Waals surface area contributed by atoms with Gasteiger partial charge in [-0.1, -0.05) is 18.2 Å². The van der Waals surface area contributed by atoms with E-state index < -0.39 is 37.3 Å². The summed E-state index contributed by atoms with van der Waals surface area (Å²) in [4.78, 5) is 22.0. The fraction of sp³-hybridized carbons (Fsp3) is 0.385. The third kappa shape index (κ3) is 4.90. The summed E-state index contributed by atoms with van der Waals surface area (Å²) in [6, 6.07) is 4.98. The maximum absolute atomic E-state index is 12.4. The van der Waals surface area contributed by atoms with Gasteiger partial charge in [0.25, 0.3) is 11.8 Å². The van der Waals surface area contributed by atoms with Crippen LogP contribution in [0.2, 0.25) is 0 Å². The molecule has 2 amide bonds. The van der Waals surface area contributed by atoms with Crippen LogP contribution in [0.1, 0.15) is 11.6 Å². The highest BCUT2D eigenvalue weighted by molar-refractivity contribution is 5.80. The van der Waals surface area contributed by atoms with Crippen LogP contribution in [0.3, 0.4) is 0 Å². The molecule has 1 rings (SSSR count). The second-order valence-corrected chi connectivity index (χ2v) is 4.15. The van der Waals surface area contributed by atoms with Gasteiger partial charge < -0.3 is 15.4 Å². The lowest BCUT2D eigenvalue weighted by Gasteiger charge is -2.21. The molecule has 5 nitrogen and oxygen atoms in total. The van der Waals surface area contributed by atoms with Crippen LogP contribution in [-0.4, -0.2) is 38.3 Å². The predicted molar refractivity (Wildman–Crippen MR) is 68.9 cm³/mol. The highest BCUT2D eigenvalue weighted by Crippen LogP contribution is 2.24. The van der Waals surface area contributed by atoms with Crippen molar-refractivity contribution in [1.82, 2.24) is 10.6 Å². The van der Waals surface area contributed by atoms with Gasteiger partial charge in [0.1, 0.15) is 5.75 Å². The summed E-state index contributed by atoms with van der Waals surface area (Å²) in [5.74, 6) is -2.89. The normalized spacial score (nSPS) is 12.1. The SMILES string of the molecule is COc1ccccc1[C@@H](CNC(=O)C(F)F)NC(=O)C(F)F. The Kier molecular flexibility index (Phi) is 6.61. The molecule has 9 heteroatoms. The van der Waals surface area contributed by atoms with Crippen molar-refractivity contribution < 1.29 is 31.9 Å². The average Bonchev–Trinajstić information content (AvgIpc) is 2.50. The largest absolute Gasteiger partial charge is 0.496 e. The molecule has 2 N–H and O–H groups in total. The van der Waals surface area contributed by atoms with Crippen LogP contribution in [0.15, 0.2) is 24.3 Å². The van der Waals surface area contributed by atoms with Gasteiger partial charge in [-0.2, -0.15) is 17.6 Å². The number of carbonyl (C=O) groups is 2. The minimum atomic E-state index is -3.27. The lowest BCUT2D eigenvalue weighted by molar-refractivity contribution is -0.134. The highest BCUT2D eigenvalue weighted by Gasteiger charge is 2.25. The number of para-hydroxylation sites is 1. The maximum atomic E-state index is 12.4. The Morgan fingerprint density at radius 2 is 1.68 bits per heavy atom. The molecular weight excluding hydrogens is 308 g/mol. The smallest absolute Gasteiger partial charge is 0.315 e. The molecule has 0 aliphatic rings. The summed E-state index contributed by atoms with van der Waals surface area (Å²) in [5, 5.41) is 3.85. The number of ether oxygens (including phenoxy) is 1. The lowest BCUT2D eigenvalue weighted by atomic mass is 10.1. The fourth-order valence-corrected chi connectivity index (χ4v) is 1.71. The Morgan fingerprint density at radius 3 is 2.23 bits per heavy atom. The molecule has 0 unspecified atom stereocenters. The number of halogens is 4. The maximum Gasteiger partial charge on any atom is 0.315 e. The topological polar surface area (TPSA) is 67.4 Å². The molecule has 1 aromatic carbocycles. The number of hydrogen-bond donors (Lipinski definition) is 2. The van der Waals surface area contributed by atoms with Crippen molar-refractivity contribution in [2.24, 2.45) is 0 Å². The standard InChI is InChI=1S/C13H14F4N2O3/c1-22-9-5-3-2-4-7(9)8(19-13(21)11(16)17)6-18-12(20)10(14)15/h2-5,8,10-11H,6H2,1H3,(H,18,20)(H,19,21)/t8-/m1/s1. The molecule has 122 valence electrons. The van der Waals surface area contributed by atoms with E-state index in [2.05, 4.69) is 0 Å². The zero-order valence-electron chi connectivity index (χ0n) is 11.5. The average molecular weight is 322 g/mol. The first-order valence-corrected chi connectivity index (χ1v) is 6.14. The van der Waals surface area contributed by atoms with Crippen molar-refractivity contribution in [1.29, 1.82) is 0 Å². The summed E-state index contributed by atoms with van der Waals surface area (Å²) in [7, 11) is 1.32. The monoisotopic (exact) mass is 322 g/mol. The van der Waals surface area contributed by atoms with Crippen LogP contribution in [0, 0.1) is 0 Å². The van der Waals surface area contributed by atoms with Crippen molar-refractivity contribution >= 4 is 11.8 Å². The zero-order valence-corrected chi connectivity index (χ0v) is 11.5.